The first-order chi connectivity index (χ1) is 18.7. The van der Waals surface area contributed by atoms with Crippen LogP contribution < -0.4 is 9.47 Å². The molecule has 0 fully saturated rings. The third-order valence-corrected chi connectivity index (χ3v) is 8.91. The monoisotopic (exact) mass is 536 g/mol. The van der Waals surface area contributed by atoms with E-state index in [1.54, 1.807) is 0 Å². The number of rotatable bonds is 9. The zero-order valence-corrected chi connectivity index (χ0v) is 23.9. The lowest BCUT2D eigenvalue weighted by molar-refractivity contribution is -0.608. The van der Waals surface area contributed by atoms with Crippen LogP contribution in [0.3, 0.4) is 0 Å². The fraction of sp³-hybridized carbons (Fsp3) is 0.182. The lowest BCUT2D eigenvalue weighted by Crippen LogP contribution is -2.35. The second-order valence-electron chi connectivity index (χ2n) is 9.25. The van der Waals surface area contributed by atoms with Gasteiger partial charge >= 0.3 is 0 Å². The van der Waals surface area contributed by atoms with Crippen molar-refractivity contribution in [2.75, 3.05) is 37.8 Å². The first-order valence-electron chi connectivity index (χ1n) is 13.1. The molecule has 0 bridgehead atoms. The van der Waals surface area contributed by atoms with Crippen LogP contribution >= 0.6 is 23.5 Å². The molecule has 1 aliphatic rings. The maximum atomic E-state index is 2.40. The van der Waals surface area contributed by atoms with E-state index in [0.717, 1.165) is 18.8 Å². The van der Waals surface area contributed by atoms with Crippen molar-refractivity contribution in [3.63, 3.8) is 0 Å². The zero-order chi connectivity index (χ0) is 26.3. The molecule has 38 heavy (non-hydrogen) atoms. The van der Waals surface area contributed by atoms with E-state index in [9.17, 15) is 0 Å². The minimum absolute atomic E-state index is 1.04. The van der Waals surface area contributed by atoms with Gasteiger partial charge in [0.2, 0.25) is 16.2 Å². The predicted octanol–water partition coefficient (Wildman–Crippen LogP) is 7.81. The molecule has 1 aromatic heterocycles. The third kappa shape index (κ3) is 5.91. The Morgan fingerprint density at radius 1 is 0.921 bits per heavy atom. The Labute approximate surface area is 235 Å². The van der Waals surface area contributed by atoms with Crippen LogP contribution in [0.5, 0.6) is 0 Å². The largest absolute Gasteiger partial charge is 0.338 e. The lowest BCUT2D eigenvalue weighted by atomic mass is 10.1. The highest BCUT2D eigenvalue weighted by atomic mass is 32.2. The Balaban J connectivity index is 1.44. The van der Waals surface area contributed by atoms with Crippen LogP contribution in [0.4, 0.5) is 5.69 Å². The second-order valence-corrected chi connectivity index (χ2v) is 11.4. The molecule has 0 radical (unpaired) electrons. The molecule has 192 valence electrons. The van der Waals surface area contributed by atoms with Gasteiger partial charge in [0.1, 0.15) is 0 Å². The summed E-state index contributed by atoms with van der Waals surface area (Å²) in [6, 6.07) is 30.3. The van der Waals surface area contributed by atoms with Crippen molar-refractivity contribution in [3.05, 3.63) is 120 Å². The number of pyridine rings is 1. The van der Waals surface area contributed by atoms with Gasteiger partial charge in [-0.2, -0.15) is 0 Å². The van der Waals surface area contributed by atoms with Crippen molar-refractivity contribution in [3.8, 4) is 5.69 Å². The average Bonchev–Trinajstić information content (AvgIpc) is 3.28. The van der Waals surface area contributed by atoms with Gasteiger partial charge in [-0.15, -0.1) is 4.57 Å². The van der Waals surface area contributed by atoms with Crippen LogP contribution in [0.25, 0.3) is 22.7 Å². The molecule has 1 aliphatic heterocycles. The molecule has 0 spiro atoms. The first-order valence-corrected chi connectivity index (χ1v) is 14.9. The van der Waals surface area contributed by atoms with Crippen molar-refractivity contribution in [1.82, 2.24) is 4.90 Å². The summed E-state index contributed by atoms with van der Waals surface area (Å²) in [4.78, 5) is 5.92. The van der Waals surface area contributed by atoms with Crippen LogP contribution in [-0.4, -0.2) is 37.8 Å². The molecule has 0 saturated carbocycles. The van der Waals surface area contributed by atoms with Crippen LogP contribution in [0.1, 0.15) is 12.5 Å². The van der Waals surface area contributed by atoms with Gasteiger partial charge < -0.3 is 9.80 Å². The van der Waals surface area contributed by atoms with Gasteiger partial charge in [0.15, 0.2) is 0 Å². The van der Waals surface area contributed by atoms with Crippen molar-refractivity contribution in [1.29, 1.82) is 0 Å². The lowest BCUT2D eigenvalue weighted by Gasteiger charge is -2.13. The Bertz CT molecular complexity index is 1490. The summed E-state index contributed by atoms with van der Waals surface area (Å²) in [5.41, 5.74) is 4.91. The first kappa shape index (κ1) is 26.4. The van der Waals surface area contributed by atoms with E-state index in [0.29, 0.717) is 0 Å². The quantitative estimate of drug-likeness (QED) is 0.123. The van der Waals surface area contributed by atoms with E-state index in [2.05, 4.69) is 151 Å². The van der Waals surface area contributed by atoms with E-state index >= 15 is 0 Å². The predicted molar refractivity (Wildman–Crippen MR) is 166 cm³/mol. The SMILES string of the molecule is CCN(C)CCSc1cc(C=CC=CC=C2Sc3ccccc3N2C)c2ccccc2[n+]1-c1ccccc1. The number of nitrogens with zero attached hydrogens (tertiary/aromatic N) is 3. The van der Waals surface area contributed by atoms with Crippen molar-refractivity contribution in [2.45, 2.75) is 16.8 Å². The number of hydrogen-bond acceptors (Lipinski definition) is 4. The minimum Gasteiger partial charge on any atom is -0.338 e. The molecule has 3 aromatic carbocycles. The van der Waals surface area contributed by atoms with Crippen molar-refractivity contribution in [2.24, 2.45) is 0 Å². The molecular weight excluding hydrogens is 503 g/mol. The molecule has 0 amide bonds. The van der Waals surface area contributed by atoms with Crippen LogP contribution in [0, 0.1) is 0 Å². The maximum absolute atomic E-state index is 2.40. The Kier molecular flexibility index (Phi) is 8.69. The number of benzene rings is 3. The van der Waals surface area contributed by atoms with Gasteiger partial charge in [-0.1, -0.05) is 97.2 Å². The van der Waals surface area contributed by atoms with Crippen molar-refractivity contribution < 1.29 is 4.57 Å². The van der Waals surface area contributed by atoms with E-state index < -0.39 is 0 Å². The highest BCUT2D eigenvalue weighted by Crippen LogP contribution is 2.44. The number of allylic oxidation sites excluding steroid dienone is 4. The molecular formula is C33H34N3S2+. The molecule has 5 heteroatoms. The number of anilines is 1. The molecule has 0 unspecified atom stereocenters. The molecule has 0 saturated heterocycles. The van der Waals surface area contributed by atoms with Gasteiger partial charge in [0.05, 0.1) is 16.1 Å². The van der Waals surface area contributed by atoms with Crippen LogP contribution in [0.15, 0.2) is 124 Å². The minimum atomic E-state index is 1.04. The summed E-state index contributed by atoms with van der Waals surface area (Å²) in [5.74, 6) is 1.04. The number of hydrogen-bond donors (Lipinski definition) is 0. The summed E-state index contributed by atoms with van der Waals surface area (Å²) >= 11 is 3.74. The van der Waals surface area contributed by atoms with Crippen LogP contribution in [0.2, 0.25) is 0 Å². The molecule has 2 heterocycles. The highest BCUT2D eigenvalue weighted by Gasteiger charge is 2.22. The molecule has 5 rings (SSSR count). The molecule has 0 atom stereocenters. The van der Waals surface area contributed by atoms with Crippen LogP contribution in [-0.2, 0) is 0 Å². The van der Waals surface area contributed by atoms with E-state index in [4.69, 9.17) is 0 Å². The average molecular weight is 537 g/mol. The van der Waals surface area contributed by atoms with Gasteiger partial charge in [0.25, 0.3) is 0 Å². The number of para-hydroxylation sites is 3. The summed E-state index contributed by atoms with van der Waals surface area (Å²) < 4.78 is 2.40. The van der Waals surface area contributed by atoms with E-state index in [1.165, 1.54) is 42.8 Å². The Morgan fingerprint density at radius 3 is 2.50 bits per heavy atom. The Morgan fingerprint density at radius 2 is 1.68 bits per heavy atom. The summed E-state index contributed by atoms with van der Waals surface area (Å²) in [7, 11) is 4.31. The highest BCUT2D eigenvalue weighted by molar-refractivity contribution is 8.03. The third-order valence-electron chi connectivity index (χ3n) is 6.74. The maximum Gasteiger partial charge on any atom is 0.247 e. The molecule has 0 aliphatic carbocycles. The summed E-state index contributed by atoms with van der Waals surface area (Å²) in [6.07, 6.45) is 10.8. The number of thioether (sulfide) groups is 2. The fourth-order valence-electron chi connectivity index (χ4n) is 4.49. The standard InChI is InChI=1S/C33H34N3S2/c1-4-34(2)23-24-37-33-25-26(28-18-11-12-19-29(28)36(33)27-16-8-6-9-17-27)15-7-5-10-22-32-35(3)30-20-13-14-21-31(30)38-32/h5-22,25H,4,23-24H2,1-3H3/q+1. The van der Waals surface area contributed by atoms with Gasteiger partial charge in [0, 0.05) is 48.5 Å². The van der Waals surface area contributed by atoms with E-state index in [-0.39, 0.29) is 0 Å². The molecule has 0 N–H and O–H groups in total. The topological polar surface area (TPSA) is 10.4 Å². The van der Waals surface area contributed by atoms with Gasteiger partial charge in [-0.3, -0.25) is 0 Å². The van der Waals surface area contributed by atoms with Crippen molar-refractivity contribution >= 4 is 46.2 Å². The Hall–Kier alpha value is -3.25. The number of fused-ring (bicyclic) bond motifs is 2. The zero-order valence-electron chi connectivity index (χ0n) is 22.2. The fourth-order valence-corrected chi connectivity index (χ4v) is 6.70. The van der Waals surface area contributed by atoms with Gasteiger partial charge in [-0.05, 0) is 43.4 Å². The smallest absolute Gasteiger partial charge is 0.247 e. The molecule has 4 aromatic rings. The summed E-state index contributed by atoms with van der Waals surface area (Å²) in [6.45, 7) is 4.33. The second kappa shape index (κ2) is 12.5. The number of aromatic nitrogens is 1. The molecule has 3 nitrogen and oxygen atoms in total. The summed E-state index contributed by atoms with van der Waals surface area (Å²) in [5, 5.41) is 3.74. The van der Waals surface area contributed by atoms with E-state index in [1.807, 2.05) is 23.5 Å². The van der Waals surface area contributed by atoms with Gasteiger partial charge in [-0.25, -0.2) is 0 Å². The normalized spacial score (nSPS) is 14.5.